The van der Waals surface area contributed by atoms with Crippen molar-refractivity contribution in [2.24, 2.45) is 0 Å². The lowest BCUT2D eigenvalue weighted by Crippen LogP contribution is -2.40. The number of rotatable bonds is 5. The van der Waals surface area contributed by atoms with Gasteiger partial charge in [0.25, 0.3) is 0 Å². The van der Waals surface area contributed by atoms with E-state index in [1.807, 2.05) is 24.6 Å². The molecular formula is C13H23N3S. The smallest absolute Gasteiger partial charge is 0.0943 e. The summed E-state index contributed by atoms with van der Waals surface area (Å²) in [4.78, 5) is 8.51. The Balaban J connectivity index is 1.93. The predicted molar refractivity (Wildman–Crippen MR) is 73.5 cm³/mol. The number of hydrogen-bond donors (Lipinski definition) is 1. The summed E-state index contributed by atoms with van der Waals surface area (Å²) in [5.74, 6) is 0. The van der Waals surface area contributed by atoms with Gasteiger partial charge in [-0.2, -0.15) is 0 Å². The second-order valence-corrected chi connectivity index (χ2v) is 5.93. The molecule has 96 valence electrons. The fourth-order valence-electron chi connectivity index (χ4n) is 2.61. The lowest BCUT2D eigenvalue weighted by atomic mass is 10.00. The molecule has 0 bridgehead atoms. The third kappa shape index (κ3) is 3.50. The molecule has 2 heterocycles. The van der Waals surface area contributed by atoms with Crippen LogP contribution in [0.3, 0.4) is 0 Å². The molecule has 0 saturated carbocycles. The topological polar surface area (TPSA) is 28.2 Å². The number of likely N-dealkylation sites (N-methyl/N-ethyl adjacent to an activating group) is 1. The minimum absolute atomic E-state index is 0.724. The Morgan fingerprint density at radius 3 is 3.18 bits per heavy atom. The van der Waals surface area contributed by atoms with E-state index in [0.717, 1.165) is 19.0 Å². The van der Waals surface area contributed by atoms with Crippen molar-refractivity contribution in [3.8, 4) is 0 Å². The summed E-state index contributed by atoms with van der Waals surface area (Å²) in [5.41, 5.74) is 0. The molecule has 0 spiro atoms. The number of thiazole rings is 1. The summed E-state index contributed by atoms with van der Waals surface area (Å²) < 4.78 is 0. The largest absolute Gasteiger partial charge is 0.315 e. The van der Waals surface area contributed by atoms with Crippen LogP contribution >= 0.6 is 11.3 Å². The van der Waals surface area contributed by atoms with E-state index in [-0.39, 0.29) is 0 Å². The van der Waals surface area contributed by atoms with Crippen molar-refractivity contribution in [2.45, 2.75) is 45.2 Å². The second kappa shape index (κ2) is 6.47. The van der Waals surface area contributed by atoms with Gasteiger partial charge in [0.2, 0.25) is 0 Å². The lowest BCUT2D eigenvalue weighted by molar-refractivity contribution is 0.155. The molecule has 1 aliphatic heterocycles. The van der Waals surface area contributed by atoms with Gasteiger partial charge in [0.15, 0.2) is 0 Å². The Hall–Kier alpha value is -0.450. The third-order valence-corrected chi connectivity index (χ3v) is 4.54. The van der Waals surface area contributed by atoms with Gasteiger partial charge in [-0.05, 0) is 33.0 Å². The maximum Gasteiger partial charge on any atom is 0.0943 e. The molecule has 0 radical (unpaired) electrons. The molecule has 1 aromatic heterocycles. The van der Waals surface area contributed by atoms with Crippen LogP contribution in [0.15, 0.2) is 6.20 Å². The van der Waals surface area contributed by atoms with Crippen LogP contribution in [0.1, 0.15) is 36.1 Å². The first-order valence-corrected chi connectivity index (χ1v) is 7.47. The lowest BCUT2D eigenvalue weighted by Gasteiger charge is -2.34. The van der Waals surface area contributed by atoms with Gasteiger partial charge in [-0.3, -0.25) is 0 Å². The SMILES string of the molecule is CCN1CCCCC1Cc1ncc(CNC)s1. The molecule has 1 atom stereocenters. The molecule has 1 N–H and O–H groups in total. The fourth-order valence-corrected chi connectivity index (χ4v) is 3.61. The zero-order valence-corrected chi connectivity index (χ0v) is 11.7. The number of likely N-dealkylation sites (tertiary alicyclic amines) is 1. The molecule has 0 amide bonds. The molecule has 0 aromatic carbocycles. The Morgan fingerprint density at radius 2 is 2.41 bits per heavy atom. The van der Waals surface area contributed by atoms with Crippen molar-refractivity contribution in [2.75, 3.05) is 20.1 Å². The Morgan fingerprint density at radius 1 is 1.53 bits per heavy atom. The molecular weight excluding hydrogens is 230 g/mol. The Kier molecular flexibility index (Phi) is 4.95. The minimum Gasteiger partial charge on any atom is -0.315 e. The normalized spacial score (nSPS) is 21.9. The maximum atomic E-state index is 4.55. The highest BCUT2D eigenvalue weighted by atomic mass is 32.1. The first-order valence-electron chi connectivity index (χ1n) is 6.65. The van der Waals surface area contributed by atoms with Crippen molar-refractivity contribution in [3.05, 3.63) is 16.1 Å². The number of nitrogens with zero attached hydrogens (tertiary/aromatic N) is 2. The van der Waals surface area contributed by atoms with Gasteiger partial charge < -0.3 is 10.2 Å². The monoisotopic (exact) mass is 253 g/mol. The molecule has 4 heteroatoms. The molecule has 1 saturated heterocycles. The van der Waals surface area contributed by atoms with Crippen molar-refractivity contribution in [1.29, 1.82) is 0 Å². The predicted octanol–water partition coefficient (Wildman–Crippen LogP) is 2.28. The van der Waals surface area contributed by atoms with Crippen molar-refractivity contribution in [1.82, 2.24) is 15.2 Å². The average Bonchev–Trinajstić information content (AvgIpc) is 2.78. The first kappa shape index (κ1) is 13.0. The van der Waals surface area contributed by atoms with Crippen LogP contribution in [0.5, 0.6) is 0 Å². The van der Waals surface area contributed by atoms with Gasteiger partial charge in [-0.15, -0.1) is 11.3 Å². The van der Waals surface area contributed by atoms with Crippen LogP contribution < -0.4 is 5.32 Å². The van der Waals surface area contributed by atoms with E-state index in [0.29, 0.717) is 0 Å². The number of nitrogens with one attached hydrogen (secondary N) is 1. The molecule has 3 nitrogen and oxygen atoms in total. The summed E-state index contributed by atoms with van der Waals surface area (Å²) in [5, 5.41) is 4.49. The molecule has 17 heavy (non-hydrogen) atoms. The molecule has 0 aliphatic carbocycles. The standard InChI is InChI=1S/C13H23N3S/c1-3-16-7-5-4-6-11(16)8-13-15-10-12(17-13)9-14-2/h10-11,14H,3-9H2,1-2H3. The van der Waals surface area contributed by atoms with Gasteiger partial charge in [0.1, 0.15) is 0 Å². The second-order valence-electron chi connectivity index (χ2n) is 4.73. The quantitative estimate of drug-likeness (QED) is 0.872. The number of piperidine rings is 1. The molecule has 1 aliphatic rings. The van der Waals surface area contributed by atoms with Crippen LogP contribution in [0, 0.1) is 0 Å². The van der Waals surface area contributed by atoms with Crippen LogP contribution in [0.4, 0.5) is 0 Å². The summed E-state index contributed by atoms with van der Waals surface area (Å²) in [6.45, 7) is 5.67. The fraction of sp³-hybridized carbons (Fsp3) is 0.769. The molecule has 2 rings (SSSR count). The zero-order chi connectivity index (χ0) is 12.1. The van der Waals surface area contributed by atoms with E-state index >= 15 is 0 Å². The Bertz CT molecular complexity index is 337. The van der Waals surface area contributed by atoms with Crippen molar-refractivity contribution >= 4 is 11.3 Å². The van der Waals surface area contributed by atoms with E-state index in [2.05, 4.69) is 22.1 Å². The molecule has 1 fully saturated rings. The third-order valence-electron chi connectivity index (χ3n) is 3.52. The highest BCUT2D eigenvalue weighted by Crippen LogP contribution is 2.22. The average molecular weight is 253 g/mol. The highest BCUT2D eigenvalue weighted by molar-refractivity contribution is 7.11. The number of hydrogen-bond acceptors (Lipinski definition) is 4. The van der Waals surface area contributed by atoms with Crippen molar-refractivity contribution < 1.29 is 0 Å². The van der Waals surface area contributed by atoms with Crippen LogP contribution in [0.25, 0.3) is 0 Å². The van der Waals surface area contributed by atoms with Gasteiger partial charge in [-0.25, -0.2) is 4.98 Å². The zero-order valence-electron chi connectivity index (χ0n) is 10.9. The highest BCUT2D eigenvalue weighted by Gasteiger charge is 2.22. The van der Waals surface area contributed by atoms with E-state index in [9.17, 15) is 0 Å². The minimum atomic E-state index is 0.724. The van der Waals surface area contributed by atoms with Crippen LogP contribution in [-0.4, -0.2) is 36.1 Å². The summed E-state index contributed by atoms with van der Waals surface area (Å²) in [6, 6.07) is 0.724. The van der Waals surface area contributed by atoms with Gasteiger partial charge in [0.05, 0.1) is 5.01 Å². The van der Waals surface area contributed by atoms with Gasteiger partial charge >= 0.3 is 0 Å². The van der Waals surface area contributed by atoms with Crippen LogP contribution in [0.2, 0.25) is 0 Å². The molecule has 1 unspecified atom stereocenters. The van der Waals surface area contributed by atoms with Crippen LogP contribution in [-0.2, 0) is 13.0 Å². The summed E-state index contributed by atoms with van der Waals surface area (Å²) in [6.07, 6.45) is 7.26. The van der Waals surface area contributed by atoms with E-state index in [1.165, 1.54) is 42.2 Å². The summed E-state index contributed by atoms with van der Waals surface area (Å²) >= 11 is 1.86. The van der Waals surface area contributed by atoms with Gasteiger partial charge in [0, 0.05) is 30.1 Å². The first-order chi connectivity index (χ1) is 8.33. The maximum absolute atomic E-state index is 4.55. The molecule has 1 aromatic rings. The van der Waals surface area contributed by atoms with Crippen molar-refractivity contribution in [3.63, 3.8) is 0 Å². The van der Waals surface area contributed by atoms with E-state index in [4.69, 9.17) is 0 Å². The van der Waals surface area contributed by atoms with E-state index in [1.54, 1.807) is 0 Å². The number of aromatic nitrogens is 1. The summed E-state index contributed by atoms with van der Waals surface area (Å²) in [7, 11) is 1.99. The van der Waals surface area contributed by atoms with Gasteiger partial charge in [-0.1, -0.05) is 13.3 Å². The van der Waals surface area contributed by atoms with E-state index < -0.39 is 0 Å². The Labute approximate surface area is 108 Å².